The highest BCUT2D eigenvalue weighted by molar-refractivity contribution is 5.69. The van der Waals surface area contributed by atoms with Crippen LogP contribution >= 0.6 is 0 Å². The predicted octanol–water partition coefficient (Wildman–Crippen LogP) is 9.32. The third-order valence-corrected chi connectivity index (χ3v) is 6.73. The number of rotatable bonds is 26. The first-order valence-corrected chi connectivity index (χ1v) is 14.7. The molecule has 196 valence electrons. The van der Waals surface area contributed by atoms with Crippen LogP contribution in [0.2, 0.25) is 0 Å². The highest BCUT2D eigenvalue weighted by Crippen LogP contribution is 2.21. The quantitative estimate of drug-likeness (QED) is 0.0784. The Labute approximate surface area is 207 Å². The number of carbonyl (C=O) groups excluding carboxylic acids is 1. The number of hydrogen-bond acceptors (Lipinski definition) is 3. The van der Waals surface area contributed by atoms with E-state index in [9.17, 15) is 9.90 Å². The van der Waals surface area contributed by atoms with Crippen molar-refractivity contribution in [1.29, 1.82) is 0 Å². The molecule has 0 aromatic carbocycles. The first-order chi connectivity index (χ1) is 16.2. The van der Waals surface area contributed by atoms with E-state index in [2.05, 4.69) is 19.9 Å². The van der Waals surface area contributed by atoms with Crippen LogP contribution in [0.15, 0.2) is 12.2 Å². The molecule has 0 radical (unpaired) electrons. The van der Waals surface area contributed by atoms with Crippen LogP contribution in [-0.4, -0.2) is 24.3 Å². The molecule has 1 unspecified atom stereocenters. The zero-order valence-electron chi connectivity index (χ0n) is 22.5. The number of aliphatic hydroxyl groups excluding tert-OH is 1. The molecule has 0 fully saturated rings. The van der Waals surface area contributed by atoms with E-state index >= 15 is 0 Å². The van der Waals surface area contributed by atoms with Crippen molar-refractivity contribution in [3.05, 3.63) is 12.2 Å². The second-order valence-corrected chi connectivity index (χ2v) is 9.95. The van der Waals surface area contributed by atoms with E-state index in [1.165, 1.54) is 103 Å². The fourth-order valence-corrected chi connectivity index (χ4v) is 4.50. The van der Waals surface area contributed by atoms with Crippen LogP contribution in [0.25, 0.3) is 0 Å². The van der Waals surface area contributed by atoms with Crippen LogP contribution in [0, 0.1) is 5.92 Å². The third kappa shape index (κ3) is 25.6. The molecule has 0 aliphatic rings. The van der Waals surface area contributed by atoms with Crippen molar-refractivity contribution in [2.24, 2.45) is 5.92 Å². The summed E-state index contributed by atoms with van der Waals surface area (Å²) in [4.78, 5) is 11.9. The maximum absolute atomic E-state index is 11.9. The molecule has 1 atom stereocenters. The number of carbonyl (C=O) groups is 1. The largest absolute Gasteiger partial charge is 0.461 e. The molecule has 33 heavy (non-hydrogen) atoms. The Morgan fingerprint density at radius 1 is 0.667 bits per heavy atom. The molecule has 1 N–H and O–H groups in total. The third-order valence-electron chi connectivity index (χ3n) is 6.73. The average Bonchev–Trinajstić information content (AvgIpc) is 2.81. The second kappa shape index (κ2) is 27.4. The zero-order valence-corrected chi connectivity index (χ0v) is 22.5. The standard InChI is InChI=1S/C30H58O3/c1-3-5-7-9-11-12-13-14-16-18-22-28-33-30(32)25-21-20-24-29(26-27-31)23-19-17-15-10-8-6-4-2/h18,22,29,31H,3-17,19-21,23-28H2,1-2H3. The van der Waals surface area contributed by atoms with Crippen LogP contribution in [-0.2, 0) is 9.53 Å². The molecular formula is C30H58O3. The minimum absolute atomic E-state index is 0.0717. The molecule has 0 amide bonds. The van der Waals surface area contributed by atoms with Crippen molar-refractivity contribution in [2.45, 2.75) is 155 Å². The fraction of sp³-hybridized carbons (Fsp3) is 0.900. The van der Waals surface area contributed by atoms with Gasteiger partial charge >= 0.3 is 5.97 Å². The number of hydrogen-bond donors (Lipinski definition) is 1. The molecule has 0 saturated carbocycles. The van der Waals surface area contributed by atoms with E-state index in [1.54, 1.807) is 0 Å². The summed E-state index contributed by atoms with van der Waals surface area (Å²) in [5, 5.41) is 9.34. The van der Waals surface area contributed by atoms with E-state index in [0.717, 1.165) is 32.1 Å². The van der Waals surface area contributed by atoms with E-state index in [-0.39, 0.29) is 12.6 Å². The smallest absolute Gasteiger partial charge is 0.306 e. The zero-order chi connectivity index (χ0) is 24.2. The van der Waals surface area contributed by atoms with Crippen molar-refractivity contribution in [1.82, 2.24) is 0 Å². The average molecular weight is 467 g/mol. The van der Waals surface area contributed by atoms with E-state index in [0.29, 0.717) is 18.9 Å². The number of aliphatic hydroxyl groups is 1. The van der Waals surface area contributed by atoms with Crippen molar-refractivity contribution in [3.8, 4) is 0 Å². The number of ether oxygens (including phenoxy) is 1. The van der Waals surface area contributed by atoms with Gasteiger partial charge in [0.25, 0.3) is 0 Å². The first kappa shape index (κ1) is 32.2. The summed E-state index contributed by atoms with van der Waals surface area (Å²) >= 11 is 0. The van der Waals surface area contributed by atoms with E-state index in [1.807, 2.05) is 6.08 Å². The molecule has 0 aliphatic heterocycles. The normalized spacial score (nSPS) is 12.5. The summed E-state index contributed by atoms with van der Waals surface area (Å²) in [5.41, 5.74) is 0. The summed E-state index contributed by atoms with van der Waals surface area (Å²) in [5.74, 6) is 0.540. The molecule has 0 aromatic rings. The van der Waals surface area contributed by atoms with Gasteiger partial charge in [0, 0.05) is 13.0 Å². The molecule has 0 spiro atoms. The van der Waals surface area contributed by atoms with Crippen molar-refractivity contribution in [2.75, 3.05) is 13.2 Å². The summed E-state index contributed by atoms with van der Waals surface area (Å²) in [6, 6.07) is 0. The van der Waals surface area contributed by atoms with Gasteiger partial charge in [-0.3, -0.25) is 4.79 Å². The highest BCUT2D eigenvalue weighted by Gasteiger charge is 2.09. The van der Waals surface area contributed by atoms with Gasteiger partial charge in [0.2, 0.25) is 0 Å². The van der Waals surface area contributed by atoms with Gasteiger partial charge in [-0.05, 0) is 31.6 Å². The lowest BCUT2D eigenvalue weighted by molar-refractivity contribution is -0.142. The molecule has 0 rings (SSSR count). The van der Waals surface area contributed by atoms with Gasteiger partial charge in [0.15, 0.2) is 0 Å². The summed E-state index contributed by atoms with van der Waals surface area (Å²) in [6.07, 6.45) is 31.1. The van der Waals surface area contributed by atoms with Gasteiger partial charge in [-0.1, -0.05) is 135 Å². The molecule has 3 nitrogen and oxygen atoms in total. The van der Waals surface area contributed by atoms with E-state index < -0.39 is 0 Å². The number of esters is 1. The summed E-state index contributed by atoms with van der Waals surface area (Å²) < 4.78 is 5.33. The lowest BCUT2D eigenvalue weighted by Gasteiger charge is -2.15. The fourth-order valence-electron chi connectivity index (χ4n) is 4.50. The van der Waals surface area contributed by atoms with Crippen LogP contribution in [0.1, 0.15) is 155 Å². The Bertz CT molecular complexity index is 419. The van der Waals surface area contributed by atoms with Gasteiger partial charge in [-0.2, -0.15) is 0 Å². The molecule has 0 aliphatic carbocycles. The second-order valence-electron chi connectivity index (χ2n) is 9.95. The minimum Gasteiger partial charge on any atom is -0.461 e. The van der Waals surface area contributed by atoms with Gasteiger partial charge in [-0.15, -0.1) is 0 Å². The van der Waals surface area contributed by atoms with Crippen molar-refractivity contribution < 1.29 is 14.6 Å². The van der Waals surface area contributed by atoms with Gasteiger partial charge in [0.05, 0.1) is 0 Å². The highest BCUT2D eigenvalue weighted by atomic mass is 16.5. The number of unbranched alkanes of at least 4 members (excludes halogenated alkanes) is 15. The SMILES string of the molecule is CCCCCCCCCCC=CCOC(=O)CCCCC(CCO)CCCCCCCCC. The van der Waals surface area contributed by atoms with Crippen molar-refractivity contribution >= 4 is 5.97 Å². The van der Waals surface area contributed by atoms with Gasteiger partial charge < -0.3 is 9.84 Å². The Kier molecular flexibility index (Phi) is 26.7. The van der Waals surface area contributed by atoms with Crippen LogP contribution < -0.4 is 0 Å². The maximum atomic E-state index is 11.9. The molecule has 0 saturated heterocycles. The monoisotopic (exact) mass is 466 g/mol. The van der Waals surface area contributed by atoms with Gasteiger partial charge in [0.1, 0.15) is 6.61 Å². The van der Waals surface area contributed by atoms with E-state index in [4.69, 9.17) is 4.74 Å². The maximum Gasteiger partial charge on any atom is 0.306 e. The molecule has 0 bridgehead atoms. The summed E-state index contributed by atoms with van der Waals surface area (Å²) in [7, 11) is 0. The van der Waals surface area contributed by atoms with Crippen molar-refractivity contribution in [3.63, 3.8) is 0 Å². The minimum atomic E-state index is -0.0717. The van der Waals surface area contributed by atoms with Crippen LogP contribution in [0.4, 0.5) is 0 Å². The summed E-state index contributed by atoms with van der Waals surface area (Å²) in [6.45, 7) is 5.23. The molecule has 3 heteroatoms. The Morgan fingerprint density at radius 3 is 1.76 bits per heavy atom. The van der Waals surface area contributed by atoms with Gasteiger partial charge in [-0.25, -0.2) is 0 Å². The lowest BCUT2D eigenvalue weighted by atomic mass is 9.92. The Morgan fingerprint density at radius 2 is 1.18 bits per heavy atom. The topological polar surface area (TPSA) is 46.5 Å². The molecule has 0 aromatic heterocycles. The predicted molar refractivity (Wildman–Crippen MR) is 144 cm³/mol. The first-order valence-electron chi connectivity index (χ1n) is 14.7. The lowest BCUT2D eigenvalue weighted by Crippen LogP contribution is -2.06. The molecule has 0 heterocycles. The Hall–Kier alpha value is -0.830. The molecular weight excluding hydrogens is 408 g/mol. The Balaban J connectivity index is 3.57. The van der Waals surface area contributed by atoms with Crippen LogP contribution in [0.3, 0.4) is 0 Å². The number of allylic oxidation sites excluding steroid dienone is 1. The van der Waals surface area contributed by atoms with Crippen LogP contribution in [0.5, 0.6) is 0 Å².